The number of ether oxygens (including phenoxy) is 1. The number of pyridine rings is 1. The number of nitrogens with zero attached hydrogens (tertiary/aromatic N) is 1. The average Bonchev–Trinajstić information content (AvgIpc) is 2.92. The van der Waals surface area contributed by atoms with E-state index in [4.69, 9.17) is 9.72 Å². The molecule has 0 aliphatic heterocycles. The Morgan fingerprint density at radius 2 is 1.59 bits per heavy atom. The van der Waals surface area contributed by atoms with Crippen molar-refractivity contribution in [3.05, 3.63) is 65.7 Å². The van der Waals surface area contributed by atoms with Crippen molar-refractivity contribution in [3.8, 4) is 11.3 Å². The Kier molecular flexibility index (Phi) is 9.65. The Morgan fingerprint density at radius 3 is 2.24 bits per heavy atom. The number of aromatic nitrogens is 1. The fourth-order valence-corrected chi connectivity index (χ4v) is 5.51. The lowest BCUT2D eigenvalue weighted by atomic mass is 9.82. The summed E-state index contributed by atoms with van der Waals surface area (Å²) in [7, 11) is -3.32. The summed E-state index contributed by atoms with van der Waals surface area (Å²) >= 11 is 0. The number of rotatable bonds is 9. The van der Waals surface area contributed by atoms with Crippen LogP contribution < -0.4 is 15.4 Å². The molecule has 1 aromatic heterocycles. The number of alkyl carbamates (subject to hydrolysis) is 1. The molecule has 1 fully saturated rings. The van der Waals surface area contributed by atoms with Crippen molar-refractivity contribution in [2.45, 2.75) is 58.6 Å². The molecule has 2 amide bonds. The second-order valence-corrected chi connectivity index (χ2v) is 13.7. The van der Waals surface area contributed by atoms with Gasteiger partial charge < -0.3 is 15.4 Å². The molecule has 41 heavy (non-hydrogen) atoms. The van der Waals surface area contributed by atoms with Crippen molar-refractivity contribution in [2.24, 2.45) is 11.8 Å². The number of carbonyl (C=O) groups is 2. The van der Waals surface area contributed by atoms with E-state index in [2.05, 4.69) is 15.4 Å². The maximum absolute atomic E-state index is 13.4. The van der Waals surface area contributed by atoms with Crippen molar-refractivity contribution >= 4 is 32.9 Å². The van der Waals surface area contributed by atoms with E-state index in [1.54, 1.807) is 6.07 Å². The standard InChI is InChI=1S/C31H40N4O5S/c1-31(2,3)40-30(37)33-19-22-14-12-21(13-15-22)18-32-29(36)26-17-28(35-27-11-6-5-10-25(26)27)24-9-7-8-23(16-24)20-34-41(4,38)39/h5-11,16-17,21-22,34H,12-15,18-20H2,1-4H3,(H,32,36)(H,33,37)/t21-,22-. The fraction of sp³-hybridized carbons (Fsp3) is 0.452. The Labute approximate surface area is 242 Å². The third kappa shape index (κ3) is 9.26. The van der Waals surface area contributed by atoms with Crippen LogP contribution in [0.2, 0.25) is 0 Å². The van der Waals surface area contributed by atoms with Gasteiger partial charge in [0.25, 0.3) is 5.91 Å². The number of para-hydroxylation sites is 1. The number of hydrogen-bond acceptors (Lipinski definition) is 6. The van der Waals surface area contributed by atoms with Crippen LogP contribution in [0.25, 0.3) is 22.2 Å². The SMILES string of the molecule is CC(C)(C)OC(=O)NC[C@H]1CC[C@H](CNC(=O)c2cc(-c3cccc(CNS(C)(=O)=O)c3)nc3ccccc23)CC1. The predicted octanol–water partition coefficient (Wildman–Crippen LogP) is 5.01. The second-order valence-electron chi connectivity index (χ2n) is 11.8. The van der Waals surface area contributed by atoms with E-state index in [-0.39, 0.29) is 18.5 Å². The molecule has 0 atom stereocenters. The first-order valence-corrected chi connectivity index (χ1v) is 15.9. The lowest BCUT2D eigenvalue weighted by Gasteiger charge is -2.29. The van der Waals surface area contributed by atoms with E-state index in [0.717, 1.165) is 48.5 Å². The topological polar surface area (TPSA) is 126 Å². The number of amides is 2. The molecule has 2 aromatic carbocycles. The number of fused-ring (bicyclic) bond motifs is 1. The summed E-state index contributed by atoms with van der Waals surface area (Å²) in [5, 5.41) is 6.80. The van der Waals surface area contributed by atoms with Gasteiger partial charge in [0.05, 0.1) is 23.0 Å². The molecule has 0 saturated heterocycles. The average molecular weight is 581 g/mol. The van der Waals surface area contributed by atoms with Gasteiger partial charge in [0.2, 0.25) is 10.0 Å². The van der Waals surface area contributed by atoms with Crippen molar-refractivity contribution in [1.82, 2.24) is 20.3 Å². The minimum Gasteiger partial charge on any atom is -0.444 e. The monoisotopic (exact) mass is 580 g/mol. The number of nitrogens with one attached hydrogen (secondary N) is 3. The highest BCUT2D eigenvalue weighted by molar-refractivity contribution is 7.88. The van der Waals surface area contributed by atoms with Crippen LogP contribution in [0, 0.1) is 11.8 Å². The van der Waals surface area contributed by atoms with Crippen molar-refractivity contribution in [3.63, 3.8) is 0 Å². The van der Waals surface area contributed by atoms with E-state index in [0.29, 0.717) is 41.7 Å². The first kappa shape index (κ1) is 30.5. The molecule has 4 rings (SSSR count). The van der Waals surface area contributed by atoms with E-state index < -0.39 is 15.6 Å². The third-order valence-corrected chi connectivity index (χ3v) is 7.84. The second kappa shape index (κ2) is 13.0. The van der Waals surface area contributed by atoms with Crippen LogP contribution in [0.3, 0.4) is 0 Å². The molecule has 0 bridgehead atoms. The highest BCUT2D eigenvalue weighted by atomic mass is 32.2. The smallest absolute Gasteiger partial charge is 0.407 e. The Balaban J connectivity index is 1.39. The van der Waals surface area contributed by atoms with E-state index in [9.17, 15) is 18.0 Å². The zero-order valence-corrected chi connectivity index (χ0v) is 25.0. The van der Waals surface area contributed by atoms with Gasteiger partial charge in [0, 0.05) is 30.6 Å². The molecular formula is C31H40N4O5S. The molecule has 220 valence electrons. The zero-order valence-electron chi connectivity index (χ0n) is 24.2. The maximum atomic E-state index is 13.4. The first-order chi connectivity index (χ1) is 19.4. The summed E-state index contributed by atoms with van der Waals surface area (Å²) in [6.07, 6.45) is 4.69. The number of benzene rings is 2. The van der Waals surface area contributed by atoms with Crippen LogP contribution in [0.4, 0.5) is 4.79 Å². The Hall–Kier alpha value is -3.50. The molecule has 1 saturated carbocycles. The molecule has 3 N–H and O–H groups in total. The molecule has 9 nitrogen and oxygen atoms in total. The molecule has 1 aliphatic rings. The van der Waals surface area contributed by atoms with Crippen molar-refractivity contribution in [2.75, 3.05) is 19.3 Å². The molecule has 1 heterocycles. The van der Waals surface area contributed by atoms with Crippen LogP contribution in [-0.2, 0) is 21.3 Å². The van der Waals surface area contributed by atoms with Gasteiger partial charge in [0.1, 0.15) is 5.60 Å². The minimum absolute atomic E-state index is 0.145. The summed E-state index contributed by atoms with van der Waals surface area (Å²) < 4.78 is 30.9. The first-order valence-electron chi connectivity index (χ1n) is 14.0. The summed E-state index contributed by atoms with van der Waals surface area (Å²) in [6, 6.07) is 16.9. The Morgan fingerprint density at radius 1 is 0.927 bits per heavy atom. The predicted molar refractivity (Wildman–Crippen MR) is 161 cm³/mol. The fourth-order valence-electron chi connectivity index (χ4n) is 5.08. The van der Waals surface area contributed by atoms with Gasteiger partial charge in [-0.15, -0.1) is 0 Å². The molecule has 10 heteroatoms. The van der Waals surface area contributed by atoms with Crippen molar-refractivity contribution < 1.29 is 22.7 Å². The van der Waals surface area contributed by atoms with Crippen LogP contribution in [0.5, 0.6) is 0 Å². The number of sulfonamides is 1. The largest absolute Gasteiger partial charge is 0.444 e. The summed E-state index contributed by atoms with van der Waals surface area (Å²) in [5.41, 5.74) is 3.01. The van der Waals surface area contributed by atoms with Gasteiger partial charge in [-0.1, -0.05) is 36.4 Å². The molecular weight excluding hydrogens is 540 g/mol. The summed E-state index contributed by atoms with van der Waals surface area (Å²) in [6.45, 7) is 6.91. The highest BCUT2D eigenvalue weighted by Gasteiger charge is 2.24. The van der Waals surface area contributed by atoms with E-state index >= 15 is 0 Å². The third-order valence-electron chi connectivity index (χ3n) is 7.17. The van der Waals surface area contributed by atoms with Gasteiger partial charge in [-0.2, -0.15) is 0 Å². The van der Waals surface area contributed by atoms with Gasteiger partial charge in [-0.3, -0.25) is 4.79 Å². The summed E-state index contributed by atoms with van der Waals surface area (Å²) in [4.78, 5) is 30.2. The molecule has 0 unspecified atom stereocenters. The van der Waals surface area contributed by atoms with Crippen LogP contribution in [-0.4, -0.2) is 50.3 Å². The lowest BCUT2D eigenvalue weighted by molar-refractivity contribution is 0.0512. The van der Waals surface area contributed by atoms with Crippen LogP contribution >= 0.6 is 0 Å². The van der Waals surface area contributed by atoms with Crippen LogP contribution in [0.1, 0.15) is 62.4 Å². The molecule has 3 aromatic rings. The molecule has 0 radical (unpaired) electrons. The zero-order chi connectivity index (χ0) is 29.6. The Bertz CT molecular complexity index is 1490. The molecule has 1 aliphatic carbocycles. The van der Waals surface area contributed by atoms with Crippen LogP contribution in [0.15, 0.2) is 54.6 Å². The van der Waals surface area contributed by atoms with Gasteiger partial charge in [0.15, 0.2) is 0 Å². The minimum atomic E-state index is -3.32. The maximum Gasteiger partial charge on any atom is 0.407 e. The van der Waals surface area contributed by atoms with E-state index in [1.165, 1.54) is 0 Å². The van der Waals surface area contributed by atoms with Gasteiger partial charge >= 0.3 is 6.09 Å². The van der Waals surface area contributed by atoms with Crippen molar-refractivity contribution in [1.29, 1.82) is 0 Å². The van der Waals surface area contributed by atoms with E-state index in [1.807, 2.05) is 69.3 Å². The number of carbonyl (C=O) groups excluding carboxylic acids is 2. The van der Waals surface area contributed by atoms with Gasteiger partial charge in [-0.05, 0) is 82.1 Å². The lowest BCUT2D eigenvalue weighted by Crippen LogP contribution is -2.37. The number of hydrogen-bond donors (Lipinski definition) is 3. The summed E-state index contributed by atoms with van der Waals surface area (Å²) in [5.74, 6) is 0.640. The van der Waals surface area contributed by atoms with Gasteiger partial charge in [-0.25, -0.2) is 22.9 Å². The quantitative estimate of drug-likeness (QED) is 0.327. The highest BCUT2D eigenvalue weighted by Crippen LogP contribution is 2.29. The normalized spacial score (nSPS) is 17.7. The molecule has 0 spiro atoms.